The van der Waals surface area contributed by atoms with Crippen molar-refractivity contribution in [2.45, 2.75) is 24.2 Å². The lowest BCUT2D eigenvalue weighted by Crippen LogP contribution is -2.77. The second-order valence-corrected chi connectivity index (χ2v) is 11.0. The van der Waals surface area contributed by atoms with Gasteiger partial charge in [-0.3, -0.25) is 28.9 Å². The number of anilines is 1. The number of aliphatic hydroxyl groups excluding tert-OH is 1. The molecular weight excluding hydrogens is 573 g/mol. The number of rotatable bonds is 3. The topological polar surface area (TPSA) is 179 Å². The molecule has 1 aromatic carbocycles. The Hall–Kier alpha value is -2.42. The third-order valence-corrected chi connectivity index (χ3v) is 8.38. The average molecular weight is 599 g/mol. The number of aliphatic hydroxyl groups is 2. The van der Waals surface area contributed by atoms with Gasteiger partial charge in [0.1, 0.15) is 5.75 Å². The SMILES string of the molecule is CN(C)c1cc(I)c(O)c2c1CC1C(C2=O)C(=O)[C@]2(O)C(=O)C(C(N)=O)C(=O)C(N(C)C)C2C1O. The highest BCUT2D eigenvalue weighted by Crippen LogP contribution is 2.52. The molecule has 2 fully saturated rings. The van der Waals surface area contributed by atoms with E-state index in [9.17, 15) is 39.3 Å². The highest BCUT2D eigenvalue weighted by atomic mass is 127. The zero-order valence-corrected chi connectivity index (χ0v) is 21.6. The molecule has 3 aliphatic carbocycles. The molecule has 4 rings (SSSR count). The van der Waals surface area contributed by atoms with Crippen LogP contribution in [0.25, 0.3) is 0 Å². The van der Waals surface area contributed by atoms with E-state index in [0.717, 1.165) is 0 Å². The summed E-state index contributed by atoms with van der Waals surface area (Å²) in [4.78, 5) is 68.9. The minimum Gasteiger partial charge on any atom is -0.506 e. The van der Waals surface area contributed by atoms with Crippen LogP contribution in [0.2, 0.25) is 0 Å². The lowest BCUT2D eigenvalue weighted by molar-refractivity contribution is -0.195. The molecule has 3 aliphatic rings. The van der Waals surface area contributed by atoms with Crippen LogP contribution in [0.3, 0.4) is 0 Å². The molecule has 12 heteroatoms. The average Bonchev–Trinajstić information content (AvgIpc) is 2.75. The van der Waals surface area contributed by atoms with E-state index in [1.165, 1.54) is 19.0 Å². The van der Waals surface area contributed by atoms with Crippen LogP contribution in [0.1, 0.15) is 15.9 Å². The van der Waals surface area contributed by atoms with Crippen molar-refractivity contribution >= 4 is 57.3 Å². The molecule has 7 atom stereocenters. The number of phenols is 1. The molecule has 2 saturated carbocycles. The van der Waals surface area contributed by atoms with Crippen molar-refractivity contribution in [3.8, 4) is 5.75 Å². The van der Waals surface area contributed by atoms with Gasteiger partial charge in [-0.25, -0.2) is 0 Å². The van der Waals surface area contributed by atoms with Gasteiger partial charge in [0.05, 0.1) is 33.1 Å². The summed E-state index contributed by atoms with van der Waals surface area (Å²) >= 11 is 1.85. The first-order valence-corrected chi connectivity index (χ1v) is 12.0. The number of benzene rings is 1. The molecule has 1 aromatic rings. The number of likely N-dealkylation sites (N-methyl/N-ethyl adjacent to an activating group) is 1. The molecule has 0 heterocycles. The van der Waals surface area contributed by atoms with Crippen LogP contribution in [0.15, 0.2) is 6.07 Å². The van der Waals surface area contributed by atoms with Gasteiger partial charge < -0.3 is 26.0 Å². The summed E-state index contributed by atoms with van der Waals surface area (Å²) in [5.74, 6) is -12.5. The molecule has 0 aromatic heterocycles. The Morgan fingerprint density at radius 1 is 1.14 bits per heavy atom. The Labute approximate surface area is 214 Å². The maximum absolute atomic E-state index is 13.8. The number of nitrogens with two attached hydrogens (primary N) is 1. The summed E-state index contributed by atoms with van der Waals surface area (Å²) in [5.41, 5.74) is 3.20. The normalized spacial score (nSPS) is 34.4. The van der Waals surface area contributed by atoms with E-state index in [1.54, 1.807) is 25.1 Å². The Bertz CT molecular complexity index is 1200. The number of Topliss-reactive ketones (excluding diaryl/α,β-unsaturated/α-hetero) is 4. The van der Waals surface area contributed by atoms with Gasteiger partial charge in [0, 0.05) is 25.7 Å². The Kier molecular flexibility index (Phi) is 6.10. The van der Waals surface area contributed by atoms with Crippen LogP contribution >= 0.6 is 22.6 Å². The number of carbonyl (C=O) groups is 5. The molecule has 0 radical (unpaired) electrons. The monoisotopic (exact) mass is 599 g/mol. The Balaban J connectivity index is 1.96. The van der Waals surface area contributed by atoms with Crippen molar-refractivity contribution in [2.24, 2.45) is 29.4 Å². The predicted molar refractivity (Wildman–Crippen MR) is 130 cm³/mol. The van der Waals surface area contributed by atoms with Crippen molar-refractivity contribution in [1.82, 2.24) is 4.90 Å². The highest BCUT2D eigenvalue weighted by Gasteiger charge is 2.72. The number of nitrogens with zero attached hydrogens (tertiary/aromatic N) is 2. The second kappa shape index (κ2) is 8.32. The van der Waals surface area contributed by atoms with Crippen LogP contribution in [0.5, 0.6) is 5.75 Å². The molecule has 11 nitrogen and oxygen atoms in total. The standard InChI is InChI=1S/C23H26IN3O8/c1-26(2)10-6-9(24)17(29)11-7(10)5-8-12(18(11)30)20(32)23(35)14(16(8)28)15(27(3)4)19(31)13(21(23)33)22(25)34/h6,8,12-16,28-29,35H,5H2,1-4H3,(H2,25,34)/t8?,12?,13?,14?,15?,16?,23-/m0/s1. The molecule has 0 spiro atoms. The zero-order chi connectivity index (χ0) is 26.3. The van der Waals surface area contributed by atoms with Crippen molar-refractivity contribution in [3.05, 3.63) is 20.8 Å². The molecule has 0 bridgehead atoms. The number of phenolic OH excluding ortho intramolecular Hbond substituents is 1. The summed E-state index contributed by atoms with van der Waals surface area (Å²) in [7, 11) is 6.38. The van der Waals surface area contributed by atoms with Gasteiger partial charge in [-0.1, -0.05) is 0 Å². The first kappa shape index (κ1) is 25.7. The molecule has 0 aliphatic heterocycles. The summed E-state index contributed by atoms with van der Waals surface area (Å²) in [6, 6.07) is 0.286. The number of hydrogen-bond donors (Lipinski definition) is 4. The van der Waals surface area contributed by atoms with E-state index in [-0.39, 0.29) is 17.7 Å². The number of primary amides is 1. The molecule has 188 valence electrons. The summed E-state index contributed by atoms with van der Waals surface area (Å²) < 4.78 is 0.359. The van der Waals surface area contributed by atoms with E-state index in [0.29, 0.717) is 14.8 Å². The largest absolute Gasteiger partial charge is 0.506 e. The first-order valence-electron chi connectivity index (χ1n) is 10.9. The third kappa shape index (κ3) is 3.29. The van der Waals surface area contributed by atoms with Crippen LogP contribution < -0.4 is 10.6 Å². The number of halogens is 1. The second-order valence-electron chi connectivity index (χ2n) is 9.84. The highest BCUT2D eigenvalue weighted by molar-refractivity contribution is 14.1. The molecular formula is C23H26IN3O8. The van der Waals surface area contributed by atoms with E-state index < -0.39 is 70.5 Å². The molecule has 6 unspecified atom stereocenters. The van der Waals surface area contributed by atoms with E-state index in [4.69, 9.17) is 5.73 Å². The Morgan fingerprint density at radius 3 is 2.26 bits per heavy atom. The summed E-state index contributed by atoms with van der Waals surface area (Å²) in [5, 5.41) is 33.7. The van der Waals surface area contributed by atoms with Crippen LogP contribution in [0, 0.1) is 27.2 Å². The minimum atomic E-state index is -2.99. The maximum Gasteiger partial charge on any atom is 0.235 e. The van der Waals surface area contributed by atoms with E-state index >= 15 is 0 Å². The van der Waals surface area contributed by atoms with E-state index in [2.05, 4.69) is 0 Å². The summed E-state index contributed by atoms with van der Waals surface area (Å²) in [6.45, 7) is 0. The van der Waals surface area contributed by atoms with Gasteiger partial charge in [-0.2, -0.15) is 0 Å². The quantitative estimate of drug-likeness (QED) is 0.236. The molecule has 1 amide bonds. The van der Waals surface area contributed by atoms with Crippen molar-refractivity contribution < 1.29 is 39.3 Å². The maximum atomic E-state index is 13.8. The number of ketones is 4. The van der Waals surface area contributed by atoms with Gasteiger partial charge >= 0.3 is 0 Å². The fraction of sp³-hybridized carbons (Fsp3) is 0.522. The fourth-order valence-electron chi connectivity index (χ4n) is 6.03. The number of amides is 1. The van der Waals surface area contributed by atoms with Gasteiger partial charge in [-0.15, -0.1) is 0 Å². The van der Waals surface area contributed by atoms with Gasteiger partial charge in [0.15, 0.2) is 34.7 Å². The molecule has 0 saturated heterocycles. The number of fused-ring (bicyclic) bond motifs is 3. The van der Waals surface area contributed by atoms with Gasteiger partial charge in [0.2, 0.25) is 5.91 Å². The van der Waals surface area contributed by atoms with Gasteiger partial charge in [-0.05, 0) is 54.7 Å². The number of carbonyl (C=O) groups excluding carboxylic acids is 5. The summed E-state index contributed by atoms with van der Waals surface area (Å²) in [6.07, 6.45) is -1.66. The minimum absolute atomic E-state index is 0.0228. The third-order valence-electron chi connectivity index (χ3n) is 7.56. The van der Waals surface area contributed by atoms with Crippen LogP contribution in [0.4, 0.5) is 5.69 Å². The predicted octanol–water partition coefficient (Wildman–Crippen LogP) is -1.49. The van der Waals surface area contributed by atoms with Crippen molar-refractivity contribution in [2.75, 3.05) is 33.1 Å². The Morgan fingerprint density at radius 2 is 1.74 bits per heavy atom. The van der Waals surface area contributed by atoms with Crippen molar-refractivity contribution in [3.63, 3.8) is 0 Å². The number of hydrogen-bond acceptors (Lipinski definition) is 10. The smallest absolute Gasteiger partial charge is 0.235 e. The fourth-order valence-corrected chi connectivity index (χ4v) is 6.59. The van der Waals surface area contributed by atoms with Gasteiger partial charge in [0.25, 0.3) is 0 Å². The zero-order valence-electron chi connectivity index (χ0n) is 19.5. The van der Waals surface area contributed by atoms with Crippen LogP contribution in [-0.4, -0.2) is 95.2 Å². The lowest BCUT2D eigenvalue weighted by Gasteiger charge is -2.54. The van der Waals surface area contributed by atoms with Crippen molar-refractivity contribution in [1.29, 1.82) is 0 Å². The van der Waals surface area contributed by atoms with Crippen LogP contribution in [-0.2, 0) is 25.6 Å². The lowest BCUT2D eigenvalue weighted by atomic mass is 9.51. The van der Waals surface area contributed by atoms with E-state index in [1.807, 2.05) is 22.6 Å². The molecule has 5 N–H and O–H groups in total. The first-order chi connectivity index (χ1) is 16.2. The number of aromatic hydroxyl groups is 1. The molecule has 35 heavy (non-hydrogen) atoms.